The molecule has 2 nitrogen and oxygen atoms in total. The van der Waals surface area contributed by atoms with Crippen LogP contribution in [0.4, 0.5) is 4.39 Å². The summed E-state index contributed by atoms with van der Waals surface area (Å²) in [6.07, 6.45) is 3.56. The molecular formula is C13H15FO2S. The van der Waals surface area contributed by atoms with Crippen molar-refractivity contribution in [2.24, 2.45) is 0 Å². The van der Waals surface area contributed by atoms with Gasteiger partial charge in [-0.2, -0.15) is 11.8 Å². The topological polar surface area (TPSA) is 37.3 Å². The molecule has 4 heteroatoms. The van der Waals surface area contributed by atoms with Crippen molar-refractivity contribution in [3.8, 4) is 0 Å². The summed E-state index contributed by atoms with van der Waals surface area (Å²) in [5.41, 5.74) is 1.60. The molecule has 0 atom stereocenters. The molecule has 0 saturated carbocycles. The van der Waals surface area contributed by atoms with Gasteiger partial charge in [-0.1, -0.05) is 13.0 Å². The average Bonchev–Trinajstić information content (AvgIpc) is 2.29. The Bertz CT molecular complexity index is 416. The molecule has 0 radical (unpaired) electrons. The highest BCUT2D eigenvalue weighted by Gasteiger charge is 2.02. The van der Waals surface area contributed by atoms with Crippen molar-refractivity contribution in [3.05, 3.63) is 41.2 Å². The Morgan fingerprint density at radius 2 is 2.29 bits per heavy atom. The third-order valence-electron chi connectivity index (χ3n) is 2.12. The van der Waals surface area contributed by atoms with E-state index in [1.807, 2.05) is 0 Å². The van der Waals surface area contributed by atoms with Gasteiger partial charge in [0.05, 0.1) is 0 Å². The van der Waals surface area contributed by atoms with Crippen LogP contribution in [0.2, 0.25) is 0 Å². The van der Waals surface area contributed by atoms with Crippen LogP contribution in [0.5, 0.6) is 0 Å². The number of benzene rings is 1. The van der Waals surface area contributed by atoms with Gasteiger partial charge in [-0.05, 0) is 41.5 Å². The highest BCUT2D eigenvalue weighted by Crippen LogP contribution is 2.19. The van der Waals surface area contributed by atoms with Crippen molar-refractivity contribution in [1.29, 1.82) is 0 Å². The van der Waals surface area contributed by atoms with Crippen LogP contribution in [0.25, 0.3) is 6.08 Å². The minimum atomic E-state index is -1.03. The second-order valence-electron chi connectivity index (χ2n) is 3.57. The summed E-state index contributed by atoms with van der Waals surface area (Å²) in [4.78, 5) is 10.4. The van der Waals surface area contributed by atoms with Crippen molar-refractivity contribution in [3.63, 3.8) is 0 Å². The molecule has 0 aliphatic rings. The second-order valence-corrected chi connectivity index (χ2v) is 4.67. The fourth-order valence-electron chi connectivity index (χ4n) is 1.34. The van der Waals surface area contributed by atoms with E-state index in [2.05, 4.69) is 6.92 Å². The maximum Gasteiger partial charge on any atom is 0.328 e. The summed E-state index contributed by atoms with van der Waals surface area (Å²) < 4.78 is 13.1. The average molecular weight is 254 g/mol. The zero-order valence-corrected chi connectivity index (χ0v) is 10.5. The molecule has 0 aliphatic carbocycles. The molecule has 0 saturated heterocycles. The van der Waals surface area contributed by atoms with Crippen molar-refractivity contribution in [2.45, 2.75) is 19.1 Å². The lowest BCUT2D eigenvalue weighted by atomic mass is 10.1. The van der Waals surface area contributed by atoms with E-state index in [1.165, 1.54) is 18.2 Å². The molecule has 0 aromatic heterocycles. The van der Waals surface area contributed by atoms with Crippen molar-refractivity contribution in [1.82, 2.24) is 0 Å². The first-order valence-corrected chi connectivity index (χ1v) is 6.56. The van der Waals surface area contributed by atoms with Gasteiger partial charge in [-0.25, -0.2) is 9.18 Å². The van der Waals surface area contributed by atoms with Crippen molar-refractivity contribution < 1.29 is 14.3 Å². The number of hydrogen-bond acceptors (Lipinski definition) is 2. The lowest BCUT2D eigenvalue weighted by molar-refractivity contribution is -0.131. The summed E-state index contributed by atoms with van der Waals surface area (Å²) in [6.45, 7) is 2.10. The lowest BCUT2D eigenvalue weighted by Crippen LogP contribution is -1.91. The summed E-state index contributed by atoms with van der Waals surface area (Å²) in [7, 11) is 0. The van der Waals surface area contributed by atoms with Crippen LogP contribution in [-0.4, -0.2) is 16.8 Å². The van der Waals surface area contributed by atoms with Gasteiger partial charge >= 0.3 is 5.97 Å². The van der Waals surface area contributed by atoms with Gasteiger partial charge in [-0.15, -0.1) is 0 Å². The number of carbonyl (C=O) groups is 1. The Balaban J connectivity index is 2.83. The van der Waals surface area contributed by atoms with E-state index in [9.17, 15) is 9.18 Å². The fourth-order valence-corrected chi connectivity index (χ4v) is 2.26. The van der Waals surface area contributed by atoms with E-state index in [4.69, 9.17) is 5.11 Å². The quantitative estimate of drug-likeness (QED) is 0.623. The van der Waals surface area contributed by atoms with Gasteiger partial charge in [0, 0.05) is 11.8 Å². The normalized spacial score (nSPS) is 10.9. The number of carboxylic acid groups (broad SMARTS) is 1. The molecule has 0 fully saturated rings. The Morgan fingerprint density at radius 1 is 1.53 bits per heavy atom. The summed E-state index contributed by atoms with van der Waals surface area (Å²) in [5, 5.41) is 8.56. The van der Waals surface area contributed by atoms with Gasteiger partial charge in [0.1, 0.15) is 5.82 Å². The van der Waals surface area contributed by atoms with Crippen LogP contribution in [-0.2, 0) is 10.5 Å². The standard InChI is InChI=1S/C13H15FO2S/c1-2-7-17-9-11-3-5-12(14)8-10(11)4-6-13(15)16/h3-6,8H,2,7,9H2,1H3,(H,15,16)/b6-4+. The number of carboxylic acids is 1. The Labute approximate surface area is 105 Å². The summed E-state index contributed by atoms with van der Waals surface area (Å²) >= 11 is 1.76. The van der Waals surface area contributed by atoms with Crippen molar-refractivity contribution >= 4 is 23.8 Å². The van der Waals surface area contributed by atoms with Crippen LogP contribution in [0.1, 0.15) is 24.5 Å². The highest BCUT2D eigenvalue weighted by atomic mass is 32.2. The third kappa shape index (κ3) is 5.04. The summed E-state index contributed by atoms with van der Waals surface area (Å²) in [5.74, 6) is 0.438. The molecule has 0 bridgehead atoms. The minimum absolute atomic E-state index is 0.348. The minimum Gasteiger partial charge on any atom is -0.478 e. The Morgan fingerprint density at radius 3 is 2.94 bits per heavy atom. The fraction of sp³-hybridized carbons (Fsp3) is 0.308. The molecule has 0 amide bonds. The molecule has 0 spiro atoms. The first-order valence-electron chi connectivity index (χ1n) is 5.40. The van der Waals surface area contributed by atoms with Crippen LogP contribution in [0.3, 0.4) is 0 Å². The van der Waals surface area contributed by atoms with Crippen LogP contribution < -0.4 is 0 Å². The Hall–Kier alpha value is -1.29. The van der Waals surface area contributed by atoms with Gasteiger partial charge in [0.25, 0.3) is 0 Å². The van der Waals surface area contributed by atoms with E-state index in [0.717, 1.165) is 29.6 Å². The molecule has 1 aromatic carbocycles. The summed E-state index contributed by atoms with van der Waals surface area (Å²) in [6, 6.07) is 4.47. The van der Waals surface area contributed by atoms with E-state index in [-0.39, 0.29) is 5.82 Å². The van der Waals surface area contributed by atoms with Crippen LogP contribution in [0.15, 0.2) is 24.3 Å². The molecule has 1 N–H and O–H groups in total. The molecule has 1 rings (SSSR count). The molecule has 17 heavy (non-hydrogen) atoms. The maximum atomic E-state index is 13.1. The SMILES string of the molecule is CCCSCc1ccc(F)cc1/C=C/C(=O)O. The van der Waals surface area contributed by atoms with Gasteiger partial charge in [-0.3, -0.25) is 0 Å². The third-order valence-corrected chi connectivity index (χ3v) is 3.33. The van der Waals surface area contributed by atoms with Crippen LogP contribution in [0, 0.1) is 5.82 Å². The maximum absolute atomic E-state index is 13.1. The zero-order valence-electron chi connectivity index (χ0n) is 9.65. The monoisotopic (exact) mass is 254 g/mol. The number of rotatable bonds is 6. The zero-order chi connectivity index (χ0) is 12.7. The number of thioether (sulfide) groups is 1. The second kappa shape index (κ2) is 7.12. The molecule has 92 valence electrons. The van der Waals surface area contributed by atoms with Gasteiger partial charge in [0.15, 0.2) is 0 Å². The number of halogens is 1. The molecule has 1 aromatic rings. The van der Waals surface area contributed by atoms with E-state index in [1.54, 1.807) is 17.8 Å². The van der Waals surface area contributed by atoms with E-state index >= 15 is 0 Å². The molecular weight excluding hydrogens is 239 g/mol. The van der Waals surface area contributed by atoms with Crippen LogP contribution >= 0.6 is 11.8 Å². The number of hydrogen-bond donors (Lipinski definition) is 1. The van der Waals surface area contributed by atoms with Gasteiger partial charge in [0.2, 0.25) is 0 Å². The first-order chi connectivity index (χ1) is 8.13. The first kappa shape index (κ1) is 13.8. The Kier molecular flexibility index (Phi) is 5.77. The largest absolute Gasteiger partial charge is 0.478 e. The van der Waals surface area contributed by atoms with Crippen molar-refractivity contribution in [2.75, 3.05) is 5.75 Å². The molecule has 0 unspecified atom stereocenters. The highest BCUT2D eigenvalue weighted by molar-refractivity contribution is 7.98. The number of aliphatic carboxylic acids is 1. The van der Waals surface area contributed by atoms with Gasteiger partial charge < -0.3 is 5.11 Å². The lowest BCUT2D eigenvalue weighted by Gasteiger charge is -2.05. The predicted octanol–water partition coefficient (Wildman–Crippen LogP) is 3.57. The molecule has 0 heterocycles. The molecule has 0 aliphatic heterocycles. The smallest absolute Gasteiger partial charge is 0.328 e. The van der Waals surface area contributed by atoms with E-state index < -0.39 is 5.97 Å². The predicted molar refractivity (Wildman–Crippen MR) is 69.5 cm³/mol. The van der Waals surface area contributed by atoms with E-state index in [0.29, 0.717) is 5.56 Å².